The minimum atomic E-state index is 0.323. The van der Waals surface area contributed by atoms with E-state index < -0.39 is 0 Å². The zero-order valence-corrected chi connectivity index (χ0v) is 6.14. The van der Waals surface area contributed by atoms with Crippen LogP contribution in [-0.4, -0.2) is 11.7 Å². The lowest BCUT2D eigenvalue weighted by Crippen LogP contribution is -1.90. The van der Waals surface area contributed by atoms with E-state index in [0.717, 1.165) is 19.3 Å². The van der Waals surface area contributed by atoms with E-state index in [4.69, 9.17) is 5.11 Å². The van der Waals surface area contributed by atoms with Crippen molar-refractivity contribution < 1.29 is 5.11 Å². The van der Waals surface area contributed by atoms with Crippen LogP contribution in [-0.2, 0) is 0 Å². The Hall–Kier alpha value is -0.300. The number of unbranched alkanes of at least 4 members (excludes halogenated alkanes) is 1. The number of aliphatic hydroxyl groups excluding tert-OH is 1. The van der Waals surface area contributed by atoms with Gasteiger partial charge in [-0.1, -0.05) is 19.4 Å². The summed E-state index contributed by atoms with van der Waals surface area (Å²) in [7, 11) is 0. The van der Waals surface area contributed by atoms with E-state index in [1.807, 2.05) is 6.08 Å². The fourth-order valence-corrected chi connectivity index (χ4v) is 0.696. The van der Waals surface area contributed by atoms with Gasteiger partial charge in [0.1, 0.15) is 0 Å². The maximum atomic E-state index is 8.43. The number of allylic oxidation sites excluding steroid dienone is 1. The standard InChI is InChI=1S/C8H16O/c1-3-8(2)6-4-5-7-9/h3,8-9H,1,4-7H2,2H3. The van der Waals surface area contributed by atoms with Gasteiger partial charge < -0.3 is 5.11 Å². The largest absolute Gasteiger partial charge is 0.396 e. The second-order valence-electron chi connectivity index (χ2n) is 2.43. The van der Waals surface area contributed by atoms with Crippen LogP contribution >= 0.6 is 0 Å². The second kappa shape index (κ2) is 5.83. The van der Waals surface area contributed by atoms with Crippen molar-refractivity contribution in [1.29, 1.82) is 0 Å². The summed E-state index contributed by atoms with van der Waals surface area (Å²) in [6.45, 7) is 6.14. The molecule has 1 atom stereocenters. The van der Waals surface area contributed by atoms with Crippen LogP contribution in [0.1, 0.15) is 26.2 Å². The molecule has 0 bridgehead atoms. The molecule has 0 aromatic carbocycles. The minimum Gasteiger partial charge on any atom is -0.396 e. The molecular weight excluding hydrogens is 112 g/mol. The fourth-order valence-electron chi connectivity index (χ4n) is 0.696. The van der Waals surface area contributed by atoms with Gasteiger partial charge in [-0.3, -0.25) is 0 Å². The highest BCUT2D eigenvalue weighted by Crippen LogP contribution is 2.06. The Bertz CT molecular complexity index is 69.0. The van der Waals surface area contributed by atoms with E-state index in [1.165, 1.54) is 0 Å². The molecule has 1 unspecified atom stereocenters. The first-order valence-electron chi connectivity index (χ1n) is 3.54. The first-order chi connectivity index (χ1) is 4.31. The fraction of sp³-hybridized carbons (Fsp3) is 0.750. The molecule has 0 aromatic heterocycles. The molecule has 1 heteroatoms. The Kier molecular flexibility index (Phi) is 5.64. The molecular formula is C8H16O. The quantitative estimate of drug-likeness (QED) is 0.443. The van der Waals surface area contributed by atoms with E-state index in [9.17, 15) is 0 Å². The molecule has 1 nitrogen and oxygen atoms in total. The molecule has 0 spiro atoms. The van der Waals surface area contributed by atoms with Gasteiger partial charge in [-0.25, -0.2) is 0 Å². The van der Waals surface area contributed by atoms with Crippen LogP contribution in [0.3, 0.4) is 0 Å². The van der Waals surface area contributed by atoms with Gasteiger partial charge in [-0.2, -0.15) is 0 Å². The van der Waals surface area contributed by atoms with Crippen LogP contribution < -0.4 is 0 Å². The van der Waals surface area contributed by atoms with Crippen molar-refractivity contribution in [3.05, 3.63) is 12.7 Å². The molecule has 1 N–H and O–H groups in total. The second-order valence-corrected chi connectivity index (χ2v) is 2.43. The Labute approximate surface area is 57.4 Å². The number of rotatable bonds is 5. The zero-order valence-electron chi connectivity index (χ0n) is 6.14. The molecule has 0 heterocycles. The van der Waals surface area contributed by atoms with Gasteiger partial charge in [0, 0.05) is 6.61 Å². The molecule has 0 radical (unpaired) electrons. The Morgan fingerprint density at radius 2 is 2.22 bits per heavy atom. The molecule has 0 aliphatic heterocycles. The zero-order chi connectivity index (χ0) is 7.11. The molecule has 54 valence electrons. The van der Waals surface area contributed by atoms with Crippen molar-refractivity contribution in [3.63, 3.8) is 0 Å². The lowest BCUT2D eigenvalue weighted by Gasteiger charge is -2.02. The topological polar surface area (TPSA) is 20.2 Å². The third-order valence-corrected chi connectivity index (χ3v) is 1.47. The van der Waals surface area contributed by atoms with Gasteiger partial charge in [0.05, 0.1) is 0 Å². The van der Waals surface area contributed by atoms with Crippen LogP contribution in [0.25, 0.3) is 0 Å². The average Bonchev–Trinajstić information content (AvgIpc) is 1.89. The van der Waals surface area contributed by atoms with Gasteiger partial charge in [0.2, 0.25) is 0 Å². The Morgan fingerprint density at radius 3 is 2.67 bits per heavy atom. The van der Waals surface area contributed by atoms with E-state index in [1.54, 1.807) is 0 Å². The highest BCUT2D eigenvalue weighted by molar-refractivity contribution is 4.74. The van der Waals surface area contributed by atoms with Crippen molar-refractivity contribution in [1.82, 2.24) is 0 Å². The van der Waals surface area contributed by atoms with Crippen molar-refractivity contribution in [2.24, 2.45) is 5.92 Å². The van der Waals surface area contributed by atoms with Crippen molar-refractivity contribution in [3.8, 4) is 0 Å². The summed E-state index contributed by atoms with van der Waals surface area (Å²) in [5.74, 6) is 0.608. The van der Waals surface area contributed by atoms with E-state index >= 15 is 0 Å². The smallest absolute Gasteiger partial charge is 0.0431 e. The molecule has 0 rings (SSSR count). The summed E-state index contributed by atoms with van der Waals surface area (Å²) >= 11 is 0. The molecule has 0 aliphatic carbocycles. The Balaban J connectivity index is 2.96. The lowest BCUT2D eigenvalue weighted by atomic mass is 10.1. The van der Waals surface area contributed by atoms with Crippen LogP contribution in [0.15, 0.2) is 12.7 Å². The van der Waals surface area contributed by atoms with Crippen molar-refractivity contribution >= 4 is 0 Å². The normalized spacial score (nSPS) is 13.1. The predicted molar refractivity (Wildman–Crippen MR) is 40.3 cm³/mol. The minimum absolute atomic E-state index is 0.323. The predicted octanol–water partition coefficient (Wildman–Crippen LogP) is 1.97. The molecule has 0 saturated carbocycles. The summed E-state index contributed by atoms with van der Waals surface area (Å²) in [4.78, 5) is 0. The maximum absolute atomic E-state index is 8.43. The average molecular weight is 128 g/mol. The van der Waals surface area contributed by atoms with E-state index in [2.05, 4.69) is 13.5 Å². The van der Waals surface area contributed by atoms with Gasteiger partial charge in [0.25, 0.3) is 0 Å². The number of aliphatic hydroxyl groups is 1. The monoisotopic (exact) mass is 128 g/mol. The summed E-state index contributed by atoms with van der Waals surface area (Å²) in [5, 5.41) is 8.43. The van der Waals surface area contributed by atoms with Crippen LogP contribution in [0.5, 0.6) is 0 Å². The molecule has 0 aliphatic rings. The summed E-state index contributed by atoms with van der Waals surface area (Å²) in [5.41, 5.74) is 0. The SMILES string of the molecule is C=CC(C)CCCCO. The van der Waals surface area contributed by atoms with Crippen LogP contribution in [0.4, 0.5) is 0 Å². The van der Waals surface area contributed by atoms with Crippen LogP contribution in [0.2, 0.25) is 0 Å². The molecule has 0 fully saturated rings. The molecule has 0 saturated heterocycles. The summed E-state index contributed by atoms with van der Waals surface area (Å²) in [6, 6.07) is 0. The summed E-state index contributed by atoms with van der Waals surface area (Å²) < 4.78 is 0. The highest BCUT2D eigenvalue weighted by atomic mass is 16.2. The third kappa shape index (κ3) is 5.57. The molecule has 0 aromatic rings. The van der Waals surface area contributed by atoms with E-state index in [-0.39, 0.29) is 0 Å². The van der Waals surface area contributed by atoms with Crippen molar-refractivity contribution in [2.45, 2.75) is 26.2 Å². The van der Waals surface area contributed by atoms with Gasteiger partial charge in [-0.15, -0.1) is 6.58 Å². The van der Waals surface area contributed by atoms with Gasteiger partial charge in [0.15, 0.2) is 0 Å². The van der Waals surface area contributed by atoms with Crippen LogP contribution in [0, 0.1) is 5.92 Å². The maximum Gasteiger partial charge on any atom is 0.0431 e. The van der Waals surface area contributed by atoms with E-state index in [0.29, 0.717) is 12.5 Å². The van der Waals surface area contributed by atoms with Gasteiger partial charge >= 0.3 is 0 Å². The highest BCUT2D eigenvalue weighted by Gasteiger charge is 1.93. The summed E-state index contributed by atoms with van der Waals surface area (Å²) in [6.07, 6.45) is 5.16. The Morgan fingerprint density at radius 1 is 1.56 bits per heavy atom. The number of hydrogen-bond acceptors (Lipinski definition) is 1. The third-order valence-electron chi connectivity index (χ3n) is 1.47. The molecule has 9 heavy (non-hydrogen) atoms. The molecule has 0 amide bonds. The first-order valence-corrected chi connectivity index (χ1v) is 3.54. The van der Waals surface area contributed by atoms with Crippen molar-refractivity contribution in [2.75, 3.05) is 6.61 Å². The number of hydrogen-bond donors (Lipinski definition) is 1. The van der Waals surface area contributed by atoms with Gasteiger partial charge in [-0.05, 0) is 18.8 Å². The lowest BCUT2D eigenvalue weighted by molar-refractivity contribution is 0.281. The first kappa shape index (κ1) is 8.70.